The molecule has 3 N–H and O–H groups in total. The Kier molecular flexibility index (Phi) is 6.76. The quantitative estimate of drug-likeness (QED) is 0.706. The zero-order valence-corrected chi connectivity index (χ0v) is 14.3. The highest BCUT2D eigenvalue weighted by atomic mass is 16.4. The van der Waals surface area contributed by atoms with E-state index >= 15 is 0 Å². The fourth-order valence-corrected chi connectivity index (χ4v) is 2.94. The van der Waals surface area contributed by atoms with E-state index in [2.05, 4.69) is 10.6 Å². The number of para-hydroxylation sites is 1. The molecule has 0 bridgehead atoms. The summed E-state index contributed by atoms with van der Waals surface area (Å²) in [6, 6.07) is 8.22. The minimum atomic E-state index is -1.06. The molecule has 0 spiro atoms. The number of nitrogens with one attached hydrogen (secondary N) is 2. The highest BCUT2D eigenvalue weighted by Crippen LogP contribution is 2.17. The molecule has 1 aromatic carbocycles. The van der Waals surface area contributed by atoms with Gasteiger partial charge in [0.2, 0.25) is 5.91 Å². The molecule has 0 radical (unpaired) electrons. The van der Waals surface area contributed by atoms with E-state index in [0.717, 1.165) is 13.0 Å². The second kappa shape index (κ2) is 9.03. The fourth-order valence-electron chi connectivity index (χ4n) is 2.94. The first kappa shape index (κ1) is 18.7. The van der Waals surface area contributed by atoms with Crippen LogP contribution in [0, 0.1) is 0 Å². The van der Waals surface area contributed by atoms with Crippen LogP contribution in [0.25, 0.3) is 0 Å². The number of hydrogen-bond acceptors (Lipinski definition) is 4. The van der Waals surface area contributed by atoms with E-state index in [1.807, 2.05) is 11.0 Å². The predicted molar refractivity (Wildman–Crippen MR) is 93.3 cm³/mol. The summed E-state index contributed by atoms with van der Waals surface area (Å²) < 4.78 is 0. The van der Waals surface area contributed by atoms with Gasteiger partial charge >= 0.3 is 12.0 Å². The summed E-state index contributed by atoms with van der Waals surface area (Å²) in [6.45, 7) is 1.10. The number of amides is 3. The van der Waals surface area contributed by atoms with E-state index < -0.39 is 12.0 Å². The molecule has 1 saturated heterocycles. The summed E-state index contributed by atoms with van der Waals surface area (Å²) in [7, 11) is 1.58. The third-order valence-electron chi connectivity index (χ3n) is 4.16. The summed E-state index contributed by atoms with van der Waals surface area (Å²) in [5.74, 6) is -1.16. The number of rotatable bonds is 6. The Bertz CT molecular complexity index is 608. The number of likely N-dealkylation sites (N-methyl/N-ethyl adjacent to an activating group) is 1. The van der Waals surface area contributed by atoms with Gasteiger partial charge in [0.05, 0.1) is 6.54 Å². The average Bonchev–Trinajstić information content (AvgIpc) is 2.60. The molecule has 136 valence electrons. The summed E-state index contributed by atoms with van der Waals surface area (Å²) >= 11 is 0. The Hall–Kier alpha value is -2.61. The zero-order valence-electron chi connectivity index (χ0n) is 14.3. The molecule has 1 fully saturated rings. The number of anilines is 1. The van der Waals surface area contributed by atoms with Crippen molar-refractivity contribution >= 4 is 23.6 Å². The van der Waals surface area contributed by atoms with Crippen LogP contribution in [0.4, 0.5) is 10.5 Å². The molecule has 1 atom stereocenters. The number of benzene rings is 1. The smallest absolute Gasteiger partial charge is 0.323 e. The van der Waals surface area contributed by atoms with E-state index in [9.17, 15) is 19.5 Å². The van der Waals surface area contributed by atoms with Gasteiger partial charge in [-0.25, -0.2) is 4.79 Å². The standard InChI is InChI=1S/C17H24N4O4/c1-18-15(22)11-20-9-5-8-14(10-20)21(12-16(23)24)17(25)19-13-6-3-2-4-7-13/h2-4,6-7,14H,5,8-12H2,1H3,(H,18,22)(H,19,25)(H,23,24). The summed E-state index contributed by atoms with van der Waals surface area (Å²) in [6.07, 6.45) is 1.51. The van der Waals surface area contributed by atoms with Crippen LogP contribution in [-0.4, -0.2) is 72.1 Å². The van der Waals surface area contributed by atoms with Crippen LogP contribution >= 0.6 is 0 Å². The van der Waals surface area contributed by atoms with Crippen LogP contribution in [0.3, 0.4) is 0 Å². The minimum Gasteiger partial charge on any atom is -0.480 e. The first-order valence-electron chi connectivity index (χ1n) is 8.27. The Morgan fingerprint density at radius 3 is 2.64 bits per heavy atom. The number of carbonyl (C=O) groups excluding carboxylic acids is 2. The van der Waals surface area contributed by atoms with Gasteiger partial charge in [0, 0.05) is 25.3 Å². The number of nitrogens with zero attached hydrogens (tertiary/aromatic N) is 2. The molecule has 1 unspecified atom stereocenters. The van der Waals surface area contributed by atoms with Crippen LogP contribution in [0.1, 0.15) is 12.8 Å². The maximum atomic E-state index is 12.6. The monoisotopic (exact) mass is 348 g/mol. The lowest BCUT2D eigenvalue weighted by Gasteiger charge is -2.38. The Balaban J connectivity index is 2.06. The molecular formula is C17H24N4O4. The van der Waals surface area contributed by atoms with Crippen molar-refractivity contribution in [3.8, 4) is 0 Å². The van der Waals surface area contributed by atoms with Crippen LogP contribution in [0.5, 0.6) is 0 Å². The van der Waals surface area contributed by atoms with Crippen molar-refractivity contribution in [2.24, 2.45) is 0 Å². The minimum absolute atomic E-state index is 0.0980. The van der Waals surface area contributed by atoms with Gasteiger partial charge in [-0.05, 0) is 31.5 Å². The summed E-state index contributed by atoms with van der Waals surface area (Å²) in [5, 5.41) is 14.5. The third-order valence-corrected chi connectivity index (χ3v) is 4.16. The maximum Gasteiger partial charge on any atom is 0.323 e. The zero-order chi connectivity index (χ0) is 18.2. The van der Waals surface area contributed by atoms with Crippen LogP contribution in [0.15, 0.2) is 30.3 Å². The average molecular weight is 348 g/mol. The van der Waals surface area contributed by atoms with Crippen molar-refractivity contribution in [2.45, 2.75) is 18.9 Å². The molecule has 1 aromatic rings. The molecular weight excluding hydrogens is 324 g/mol. The van der Waals surface area contributed by atoms with Gasteiger partial charge in [0.15, 0.2) is 0 Å². The third kappa shape index (κ3) is 5.75. The number of carboxylic acids is 1. The lowest BCUT2D eigenvalue weighted by molar-refractivity contribution is -0.138. The number of hydrogen-bond donors (Lipinski definition) is 3. The highest BCUT2D eigenvalue weighted by Gasteiger charge is 2.30. The van der Waals surface area contributed by atoms with Crippen molar-refractivity contribution in [1.82, 2.24) is 15.1 Å². The largest absolute Gasteiger partial charge is 0.480 e. The molecule has 2 rings (SSSR count). The van der Waals surface area contributed by atoms with E-state index in [-0.39, 0.29) is 25.0 Å². The van der Waals surface area contributed by atoms with Gasteiger partial charge in [-0.1, -0.05) is 18.2 Å². The van der Waals surface area contributed by atoms with E-state index in [0.29, 0.717) is 18.7 Å². The van der Waals surface area contributed by atoms with Crippen molar-refractivity contribution in [1.29, 1.82) is 0 Å². The van der Waals surface area contributed by atoms with Crippen LogP contribution in [-0.2, 0) is 9.59 Å². The van der Waals surface area contributed by atoms with Crippen molar-refractivity contribution in [3.05, 3.63) is 30.3 Å². The first-order valence-corrected chi connectivity index (χ1v) is 8.27. The number of likely N-dealkylation sites (tertiary alicyclic amines) is 1. The van der Waals surface area contributed by atoms with E-state index in [1.165, 1.54) is 4.90 Å². The number of piperidine rings is 1. The molecule has 0 aliphatic carbocycles. The summed E-state index contributed by atoms with van der Waals surface area (Å²) in [5.41, 5.74) is 0.612. The van der Waals surface area contributed by atoms with Gasteiger partial charge in [-0.3, -0.25) is 14.5 Å². The van der Waals surface area contributed by atoms with Gasteiger partial charge in [-0.2, -0.15) is 0 Å². The molecule has 3 amide bonds. The van der Waals surface area contributed by atoms with Crippen molar-refractivity contribution in [2.75, 3.05) is 38.5 Å². The molecule has 8 heteroatoms. The van der Waals surface area contributed by atoms with Gasteiger partial charge in [-0.15, -0.1) is 0 Å². The SMILES string of the molecule is CNC(=O)CN1CCCC(N(CC(=O)O)C(=O)Nc2ccccc2)C1. The van der Waals surface area contributed by atoms with E-state index in [4.69, 9.17) is 0 Å². The number of urea groups is 1. The number of carbonyl (C=O) groups is 3. The van der Waals surface area contributed by atoms with Gasteiger partial charge < -0.3 is 20.6 Å². The first-order chi connectivity index (χ1) is 12.0. The van der Waals surface area contributed by atoms with Gasteiger partial charge in [0.1, 0.15) is 6.54 Å². The second-order valence-electron chi connectivity index (χ2n) is 6.02. The normalized spacial score (nSPS) is 17.6. The summed E-state index contributed by atoms with van der Waals surface area (Å²) in [4.78, 5) is 38.7. The Morgan fingerprint density at radius 2 is 2.00 bits per heavy atom. The van der Waals surface area contributed by atoms with Crippen molar-refractivity contribution < 1.29 is 19.5 Å². The molecule has 0 saturated carbocycles. The fraction of sp³-hybridized carbons (Fsp3) is 0.471. The maximum absolute atomic E-state index is 12.6. The highest BCUT2D eigenvalue weighted by molar-refractivity contribution is 5.91. The lowest BCUT2D eigenvalue weighted by Crippen LogP contribution is -2.54. The molecule has 0 aromatic heterocycles. The molecule has 1 aliphatic rings. The molecule has 8 nitrogen and oxygen atoms in total. The molecule has 1 heterocycles. The van der Waals surface area contributed by atoms with Crippen LogP contribution in [0.2, 0.25) is 0 Å². The molecule has 1 aliphatic heterocycles. The number of aliphatic carboxylic acids is 1. The van der Waals surface area contributed by atoms with Crippen LogP contribution < -0.4 is 10.6 Å². The Labute approximate surface area is 146 Å². The topological polar surface area (TPSA) is 102 Å². The number of carboxylic acid groups (broad SMARTS) is 1. The van der Waals surface area contributed by atoms with Gasteiger partial charge in [0.25, 0.3) is 0 Å². The van der Waals surface area contributed by atoms with Crippen molar-refractivity contribution in [3.63, 3.8) is 0 Å². The van der Waals surface area contributed by atoms with E-state index in [1.54, 1.807) is 31.3 Å². The second-order valence-corrected chi connectivity index (χ2v) is 6.02. The Morgan fingerprint density at radius 1 is 1.28 bits per heavy atom. The molecule has 25 heavy (non-hydrogen) atoms. The lowest BCUT2D eigenvalue weighted by atomic mass is 10.0. The predicted octanol–water partition coefficient (Wildman–Crippen LogP) is 0.815.